The van der Waals surface area contributed by atoms with Crippen molar-refractivity contribution in [1.29, 1.82) is 0 Å². The standard InChI is InChI=1S/C14H18O5S/c15-13(16)14(9-4-5-10-14)19-20(17,18)11-8-12-6-2-1-3-7-12/h1-3,6-7H,4-5,8-11H2,(H,15,16). The number of rotatable bonds is 6. The first kappa shape index (κ1) is 15.0. The van der Waals surface area contributed by atoms with Gasteiger partial charge in [0.15, 0.2) is 5.60 Å². The van der Waals surface area contributed by atoms with Crippen LogP contribution in [0, 0.1) is 0 Å². The summed E-state index contributed by atoms with van der Waals surface area (Å²) in [5, 5.41) is 9.22. The van der Waals surface area contributed by atoms with Crippen molar-refractivity contribution in [3.8, 4) is 0 Å². The lowest BCUT2D eigenvalue weighted by Crippen LogP contribution is -2.41. The molecule has 0 unspecified atom stereocenters. The zero-order valence-corrected chi connectivity index (χ0v) is 11.9. The Hall–Kier alpha value is -1.40. The summed E-state index contributed by atoms with van der Waals surface area (Å²) in [6.45, 7) is 0. The van der Waals surface area contributed by atoms with E-state index in [0.29, 0.717) is 19.3 Å². The minimum atomic E-state index is -3.85. The second kappa shape index (κ2) is 5.93. The summed E-state index contributed by atoms with van der Waals surface area (Å²) >= 11 is 0. The third kappa shape index (κ3) is 3.58. The fraction of sp³-hybridized carbons (Fsp3) is 0.500. The number of aryl methyl sites for hydroxylation is 1. The monoisotopic (exact) mass is 298 g/mol. The zero-order chi connectivity index (χ0) is 14.6. The second-order valence-corrected chi connectivity index (χ2v) is 6.78. The van der Waals surface area contributed by atoms with Gasteiger partial charge in [0.2, 0.25) is 0 Å². The Morgan fingerprint density at radius 2 is 1.80 bits per heavy atom. The number of carboxylic acids is 1. The highest BCUT2D eigenvalue weighted by atomic mass is 32.2. The van der Waals surface area contributed by atoms with Gasteiger partial charge in [0, 0.05) is 0 Å². The van der Waals surface area contributed by atoms with Gasteiger partial charge in [0.1, 0.15) is 0 Å². The largest absolute Gasteiger partial charge is 0.479 e. The van der Waals surface area contributed by atoms with Crippen LogP contribution in [-0.2, 0) is 25.5 Å². The summed E-state index contributed by atoms with van der Waals surface area (Å²) in [6.07, 6.45) is 2.19. The molecule has 1 aromatic rings. The van der Waals surface area contributed by atoms with Gasteiger partial charge in [0.05, 0.1) is 5.75 Å². The van der Waals surface area contributed by atoms with Gasteiger partial charge < -0.3 is 5.11 Å². The molecule has 1 aromatic carbocycles. The molecule has 0 radical (unpaired) electrons. The summed E-state index contributed by atoms with van der Waals surface area (Å²) in [4.78, 5) is 11.3. The summed E-state index contributed by atoms with van der Waals surface area (Å²) in [5.74, 6) is -1.38. The maximum atomic E-state index is 12.0. The molecule has 20 heavy (non-hydrogen) atoms. The molecule has 0 saturated heterocycles. The predicted molar refractivity (Wildman–Crippen MR) is 73.9 cm³/mol. The van der Waals surface area contributed by atoms with Crippen LogP contribution >= 0.6 is 0 Å². The third-order valence-corrected chi connectivity index (χ3v) is 4.85. The van der Waals surface area contributed by atoms with E-state index in [0.717, 1.165) is 5.56 Å². The molecule has 1 aliphatic carbocycles. The van der Waals surface area contributed by atoms with Gasteiger partial charge in [-0.3, -0.25) is 4.18 Å². The van der Waals surface area contributed by atoms with Crippen LogP contribution in [-0.4, -0.2) is 30.8 Å². The molecule has 0 bridgehead atoms. The van der Waals surface area contributed by atoms with E-state index in [1.807, 2.05) is 30.3 Å². The van der Waals surface area contributed by atoms with E-state index in [9.17, 15) is 18.3 Å². The van der Waals surface area contributed by atoms with Gasteiger partial charge in [-0.25, -0.2) is 4.79 Å². The van der Waals surface area contributed by atoms with Crippen molar-refractivity contribution >= 4 is 16.1 Å². The van der Waals surface area contributed by atoms with Crippen LogP contribution in [0.3, 0.4) is 0 Å². The number of carboxylic acid groups (broad SMARTS) is 1. The quantitative estimate of drug-likeness (QED) is 0.812. The van der Waals surface area contributed by atoms with Crippen molar-refractivity contribution < 1.29 is 22.5 Å². The van der Waals surface area contributed by atoms with Crippen molar-refractivity contribution in [3.63, 3.8) is 0 Å². The van der Waals surface area contributed by atoms with Gasteiger partial charge in [0.25, 0.3) is 10.1 Å². The van der Waals surface area contributed by atoms with E-state index in [1.54, 1.807) is 0 Å². The molecule has 1 aliphatic rings. The SMILES string of the molecule is O=C(O)C1(OS(=O)(=O)CCc2ccccc2)CCCC1. The molecule has 0 amide bonds. The summed E-state index contributed by atoms with van der Waals surface area (Å²) < 4.78 is 29.0. The van der Waals surface area contributed by atoms with Crippen molar-refractivity contribution in [2.24, 2.45) is 0 Å². The topological polar surface area (TPSA) is 80.7 Å². The van der Waals surface area contributed by atoms with Crippen LogP contribution in [0.1, 0.15) is 31.2 Å². The van der Waals surface area contributed by atoms with Gasteiger partial charge in [-0.15, -0.1) is 0 Å². The number of hydrogen-bond donors (Lipinski definition) is 1. The normalized spacial score (nSPS) is 18.0. The summed E-state index contributed by atoms with van der Waals surface area (Å²) in [5.41, 5.74) is -0.661. The zero-order valence-electron chi connectivity index (χ0n) is 11.1. The van der Waals surface area contributed by atoms with Crippen LogP contribution in [0.2, 0.25) is 0 Å². The molecule has 5 nitrogen and oxygen atoms in total. The smallest absolute Gasteiger partial charge is 0.337 e. The molecule has 0 heterocycles. The highest BCUT2D eigenvalue weighted by Crippen LogP contribution is 2.35. The third-order valence-electron chi connectivity index (χ3n) is 3.57. The maximum absolute atomic E-state index is 12.0. The minimum absolute atomic E-state index is 0.202. The molecule has 1 saturated carbocycles. The van der Waals surface area contributed by atoms with E-state index in [2.05, 4.69) is 0 Å². The summed E-state index contributed by atoms with van der Waals surface area (Å²) in [7, 11) is -3.85. The molecule has 1 N–H and O–H groups in total. The van der Waals surface area contributed by atoms with E-state index in [1.165, 1.54) is 0 Å². The fourth-order valence-corrected chi connectivity index (χ4v) is 3.74. The average Bonchev–Trinajstić information content (AvgIpc) is 2.87. The molecule has 0 spiro atoms. The Kier molecular flexibility index (Phi) is 4.45. The Morgan fingerprint density at radius 3 is 2.35 bits per heavy atom. The first-order valence-corrected chi connectivity index (χ1v) is 8.22. The molecule has 1 fully saturated rings. The first-order valence-electron chi connectivity index (χ1n) is 6.64. The second-order valence-electron chi connectivity index (χ2n) is 5.09. The Labute approximate surface area is 118 Å². The van der Waals surface area contributed by atoms with Gasteiger partial charge >= 0.3 is 5.97 Å². The lowest BCUT2D eigenvalue weighted by atomic mass is 10.0. The molecule has 0 atom stereocenters. The first-order chi connectivity index (χ1) is 9.44. The molecular formula is C14H18O5S. The Bertz CT molecular complexity index is 558. The van der Waals surface area contributed by atoms with Crippen molar-refractivity contribution in [2.75, 3.05) is 5.75 Å². The lowest BCUT2D eigenvalue weighted by molar-refractivity contribution is -0.154. The highest BCUT2D eigenvalue weighted by molar-refractivity contribution is 7.86. The van der Waals surface area contributed by atoms with E-state index < -0.39 is 21.7 Å². The number of hydrogen-bond acceptors (Lipinski definition) is 4. The fourth-order valence-electron chi connectivity index (χ4n) is 2.45. The molecule has 0 aliphatic heterocycles. The van der Waals surface area contributed by atoms with Crippen LogP contribution in [0.5, 0.6) is 0 Å². The van der Waals surface area contributed by atoms with Crippen molar-refractivity contribution in [3.05, 3.63) is 35.9 Å². The lowest BCUT2D eigenvalue weighted by Gasteiger charge is -2.23. The van der Waals surface area contributed by atoms with Crippen LogP contribution in [0.4, 0.5) is 0 Å². The van der Waals surface area contributed by atoms with Gasteiger partial charge in [-0.2, -0.15) is 8.42 Å². The Balaban J connectivity index is 2.02. The molecule has 2 rings (SSSR count). The van der Waals surface area contributed by atoms with E-state index in [4.69, 9.17) is 4.18 Å². The number of aliphatic carboxylic acids is 1. The predicted octanol–water partition coefficient (Wildman–Crippen LogP) is 1.97. The van der Waals surface area contributed by atoms with E-state index >= 15 is 0 Å². The van der Waals surface area contributed by atoms with Crippen LogP contribution in [0.15, 0.2) is 30.3 Å². The minimum Gasteiger partial charge on any atom is -0.479 e. The number of carbonyl (C=O) groups is 1. The molecule has 0 aromatic heterocycles. The van der Waals surface area contributed by atoms with E-state index in [-0.39, 0.29) is 18.6 Å². The van der Waals surface area contributed by atoms with Gasteiger partial charge in [-0.1, -0.05) is 30.3 Å². The average molecular weight is 298 g/mol. The van der Waals surface area contributed by atoms with Crippen molar-refractivity contribution in [1.82, 2.24) is 0 Å². The molecular weight excluding hydrogens is 280 g/mol. The highest BCUT2D eigenvalue weighted by Gasteiger charge is 2.46. The van der Waals surface area contributed by atoms with Crippen LogP contribution in [0.25, 0.3) is 0 Å². The van der Waals surface area contributed by atoms with Crippen LogP contribution < -0.4 is 0 Å². The van der Waals surface area contributed by atoms with Gasteiger partial charge in [-0.05, 0) is 37.7 Å². The Morgan fingerprint density at radius 1 is 1.20 bits per heavy atom. The molecule has 6 heteroatoms. The molecule has 110 valence electrons. The number of benzene rings is 1. The summed E-state index contributed by atoms with van der Waals surface area (Å²) in [6, 6.07) is 9.18. The maximum Gasteiger partial charge on any atom is 0.337 e. The van der Waals surface area contributed by atoms with Crippen molar-refractivity contribution in [2.45, 2.75) is 37.7 Å².